The molecule has 0 atom stereocenters. The van der Waals surface area contributed by atoms with Crippen molar-refractivity contribution >= 4 is 17.1 Å². The molecule has 0 aliphatic heterocycles. The molecule has 0 aromatic carbocycles. The maximum Gasteiger partial charge on any atom is 0.171 e. The minimum atomic E-state index is 0.108. The van der Waals surface area contributed by atoms with Gasteiger partial charge in [-0.3, -0.25) is 4.79 Å². The monoisotopic (exact) mass is 192 g/mol. The first-order valence-corrected chi connectivity index (χ1v) is 4.82. The molecule has 0 saturated heterocycles. The summed E-state index contributed by atoms with van der Waals surface area (Å²) in [7, 11) is 0. The lowest BCUT2D eigenvalue weighted by atomic mass is 10.1. The number of carbonyl (C=O) groups is 1. The Balaban J connectivity index is 2.08. The van der Waals surface area contributed by atoms with E-state index in [0.717, 1.165) is 4.88 Å². The van der Waals surface area contributed by atoms with Gasteiger partial charge in [0.05, 0.1) is 11.8 Å². The molecule has 2 rings (SSSR count). The van der Waals surface area contributed by atoms with E-state index in [0.29, 0.717) is 12.0 Å². The van der Waals surface area contributed by atoms with Crippen LogP contribution in [-0.4, -0.2) is 5.78 Å². The average Bonchev–Trinajstić information content (AvgIpc) is 2.74. The van der Waals surface area contributed by atoms with E-state index in [1.807, 2.05) is 17.5 Å². The number of thiophene rings is 1. The number of furan rings is 1. The fraction of sp³-hybridized carbons (Fsp3) is 0.100. The van der Waals surface area contributed by atoms with E-state index >= 15 is 0 Å². The van der Waals surface area contributed by atoms with Gasteiger partial charge in [-0.25, -0.2) is 0 Å². The van der Waals surface area contributed by atoms with Crippen LogP contribution in [0, 0.1) is 0 Å². The van der Waals surface area contributed by atoms with Crippen LogP contribution < -0.4 is 0 Å². The molecule has 0 fully saturated rings. The zero-order valence-electron chi connectivity index (χ0n) is 6.90. The van der Waals surface area contributed by atoms with Gasteiger partial charge in [-0.2, -0.15) is 0 Å². The molecule has 0 aliphatic carbocycles. The van der Waals surface area contributed by atoms with Crippen molar-refractivity contribution in [2.75, 3.05) is 0 Å². The van der Waals surface area contributed by atoms with Crippen LogP contribution in [0.5, 0.6) is 0 Å². The van der Waals surface area contributed by atoms with E-state index in [1.165, 1.54) is 12.5 Å². The molecule has 0 spiro atoms. The molecular weight excluding hydrogens is 184 g/mol. The molecule has 2 heterocycles. The summed E-state index contributed by atoms with van der Waals surface area (Å²) in [5.74, 6) is 0.108. The first-order valence-electron chi connectivity index (χ1n) is 3.94. The highest BCUT2D eigenvalue weighted by molar-refractivity contribution is 7.10. The predicted molar refractivity (Wildman–Crippen MR) is 51.1 cm³/mol. The maximum absolute atomic E-state index is 11.5. The Bertz CT molecular complexity index is 373. The summed E-state index contributed by atoms with van der Waals surface area (Å²) in [4.78, 5) is 12.6. The number of Topliss-reactive ketones (excluding diaryl/α,β-unsaturated/α-hetero) is 1. The van der Waals surface area contributed by atoms with Crippen LogP contribution in [-0.2, 0) is 6.42 Å². The first-order chi connectivity index (χ1) is 6.36. The van der Waals surface area contributed by atoms with Gasteiger partial charge < -0.3 is 4.42 Å². The molecule has 2 nitrogen and oxygen atoms in total. The largest absolute Gasteiger partial charge is 0.472 e. The minimum absolute atomic E-state index is 0.108. The molecule has 0 saturated carbocycles. The highest BCUT2D eigenvalue weighted by Crippen LogP contribution is 2.12. The Labute approximate surface area is 79.8 Å². The molecule has 3 heteroatoms. The lowest BCUT2D eigenvalue weighted by Gasteiger charge is -1.92. The van der Waals surface area contributed by atoms with Crippen LogP contribution >= 0.6 is 11.3 Å². The Morgan fingerprint density at radius 2 is 2.38 bits per heavy atom. The van der Waals surface area contributed by atoms with Crippen LogP contribution in [0.3, 0.4) is 0 Å². The normalized spacial score (nSPS) is 10.2. The Kier molecular flexibility index (Phi) is 2.27. The van der Waals surface area contributed by atoms with Gasteiger partial charge in [-0.1, -0.05) is 6.07 Å². The van der Waals surface area contributed by atoms with Crippen LogP contribution in [0.1, 0.15) is 15.2 Å². The molecule has 13 heavy (non-hydrogen) atoms. The third-order valence-electron chi connectivity index (χ3n) is 1.76. The van der Waals surface area contributed by atoms with Gasteiger partial charge in [0.2, 0.25) is 0 Å². The van der Waals surface area contributed by atoms with Crippen LogP contribution in [0.15, 0.2) is 40.5 Å². The second-order valence-electron chi connectivity index (χ2n) is 2.69. The predicted octanol–water partition coefficient (Wildman–Crippen LogP) is 2.77. The summed E-state index contributed by atoms with van der Waals surface area (Å²) in [6, 6.07) is 5.60. The van der Waals surface area contributed by atoms with Crippen LogP contribution in [0.2, 0.25) is 0 Å². The summed E-state index contributed by atoms with van der Waals surface area (Å²) < 4.78 is 4.84. The van der Waals surface area contributed by atoms with Gasteiger partial charge >= 0.3 is 0 Å². The molecule has 2 aromatic heterocycles. The third kappa shape index (κ3) is 1.87. The quantitative estimate of drug-likeness (QED) is 0.700. The van der Waals surface area contributed by atoms with Gasteiger partial charge in [-0.05, 0) is 17.5 Å². The van der Waals surface area contributed by atoms with Crippen molar-refractivity contribution in [3.63, 3.8) is 0 Å². The minimum Gasteiger partial charge on any atom is -0.472 e. The molecule has 0 N–H and O–H groups in total. The van der Waals surface area contributed by atoms with Gasteiger partial charge in [0.25, 0.3) is 0 Å². The molecule has 0 bridgehead atoms. The van der Waals surface area contributed by atoms with E-state index in [-0.39, 0.29) is 5.78 Å². The van der Waals surface area contributed by atoms with Crippen molar-refractivity contribution in [3.8, 4) is 0 Å². The van der Waals surface area contributed by atoms with E-state index in [4.69, 9.17) is 4.42 Å². The van der Waals surface area contributed by atoms with Crippen LogP contribution in [0.4, 0.5) is 0 Å². The Morgan fingerprint density at radius 1 is 1.46 bits per heavy atom. The molecule has 66 valence electrons. The summed E-state index contributed by atoms with van der Waals surface area (Å²) in [5.41, 5.74) is 0.647. The van der Waals surface area contributed by atoms with E-state index < -0.39 is 0 Å². The molecule has 0 amide bonds. The fourth-order valence-corrected chi connectivity index (χ4v) is 1.80. The van der Waals surface area contributed by atoms with Crippen molar-refractivity contribution < 1.29 is 9.21 Å². The topological polar surface area (TPSA) is 30.2 Å². The number of rotatable bonds is 3. The SMILES string of the molecule is O=C(Cc1cccs1)c1ccoc1. The summed E-state index contributed by atoms with van der Waals surface area (Å²) >= 11 is 1.60. The van der Waals surface area contributed by atoms with Gasteiger partial charge in [-0.15, -0.1) is 11.3 Å². The zero-order chi connectivity index (χ0) is 9.10. The van der Waals surface area contributed by atoms with Crippen molar-refractivity contribution in [2.24, 2.45) is 0 Å². The van der Waals surface area contributed by atoms with Crippen molar-refractivity contribution in [2.45, 2.75) is 6.42 Å². The second kappa shape index (κ2) is 3.58. The molecule has 0 aliphatic rings. The summed E-state index contributed by atoms with van der Waals surface area (Å²) in [5, 5.41) is 1.97. The van der Waals surface area contributed by atoms with Crippen molar-refractivity contribution in [1.82, 2.24) is 0 Å². The van der Waals surface area contributed by atoms with Gasteiger partial charge in [0, 0.05) is 11.3 Å². The number of ketones is 1. The van der Waals surface area contributed by atoms with Gasteiger partial charge in [0.15, 0.2) is 5.78 Å². The first kappa shape index (κ1) is 8.26. The van der Waals surface area contributed by atoms with Crippen molar-refractivity contribution in [1.29, 1.82) is 0 Å². The van der Waals surface area contributed by atoms with Gasteiger partial charge in [0.1, 0.15) is 6.26 Å². The molecular formula is C10H8O2S. The summed E-state index contributed by atoms with van der Waals surface area (Å²) in [6.07, 6.45) is 3.47. The average molecular weight is 192 g/mol. The molecule has 2 aromatic rings. The lowest BCUT2D eigenvalue weighted by molar-refractivity contribution is 0.0993. The number of hydrogen-bond donors (Lipinski definition) is 0. The third-order valence-corrected chi connectivity index (χ3v) is 2.63. The van der Waals surface area contributed by atoms with Crippen molar-refractivity contribution in [3.05, 3.63) is 46.5 Å². The smallest absolute Gasteiger partial charge is 0.171 e. The van der Waals surface area contributed by atoms with E-state index in [2.05, 4.69) is 0 Å². The Hall–Kier alpha value is -1.35. The second-order valence-corrected chi connectivity index (χ2v) is 3.72. The zero-order valence-corrected chi connectivity index (χ0v) is 7.71. The standard InChI is InChI=1S/C10H8O2S/c11-10(8-3-4-12-7-8)6-9-2-1-5-13-9/h1-5,7H,6H2. The van der Waals surface area contributed by atoms with E-state index in [9.17, 15) is 4.79 Å². The highest BCUT2D eigenvalue weighted by Gasteiger charge is 2.08. The summed E-state index contributed by atoms with van der Waals surface area (Å²) in [6.45, 7) is 0. The number of carbonyl (C=O) groups excluding carboxylic acids is 1. The highest BCUT2D eigenvalue weighted by atomic mass is 32.1. The fourth-order valence-electron chi connectivity index (χ4n) is 1.10. The Morgan fingerprint density at radius 3 is 3.00 bits per heavy atom. The molecule has 0 radical (unpaired) electrons. The number of hydrogen-bond acceptors (Lipinski definition) is 3. The maximum atomic E-state index is 11.5. The van der Waals surface area contributed by atoms with Crippen LogP contribution in [0.25, 0.3) is 0 Å². The lowest BCUT2D eigenvalue weighted by Crippen LogP contribution is -1.99. The molecule has 0 unspecified atom stereocenters. The van der Waals surface area contributed by atoms with E-state index in [1.54, 1.807) is 17.4 Å².